The summed E-state index contributed by atoms with van der Waals surface area (Å²) in [6.07, 6.45) is 3.12. The van der Waals surface area contributed by atoms with Gasteiger partial charge in [-0.2, -0.15) is 0 Å². The molecule has 2 N–H and O–H groups in total. The van der Waals surface area contributed by atoms with Crippen LogP contribution in [-0.2, 0) is 0 Å². The van der Waals surface area contributed by atoms with E-state index in [-0.39, 0.29) is 17.0 Å². The van der Waals surface area contributed by atoms with Crippen molar-refractivity contribution in [3.8, 4) is 0 Å². The summed E-state index contributed by atoms with van der Waals surface area (Å²) in [4.78, 5) is 21.9. The smallest absolute Gasteiger partial charge is 0.254 e. The molecule has 1 rings (SSSR count). The van der Waals surface area contributed by atoms with Gasteiger partial charge in [0.15, 0.2) is 5.43 Å². The fourth-order valence-corrected chi connectivity index (χ4v) is 1.01. The first kappa shape index (κ1) is 9.51. The van der Waals surface area contributed by atoms with Gasteiger partial charge in [-0.25, -0.2) is 0 Å². The van der Waals surface area contributed by atoms with E-state index in [0.29, 0.717) is 0 Å². The number of pyridine rings is 1. The summed E-state index contributed by atoms with van der Waals surface area (Å²) in [5, 5.41) is 0. The Hall–Kier alpha value is -1.58. The molecule has 0 unspecified atom stereocenters. The molecule has 4 nitrogen and oxygen atoms in total. The summed E-state index contributed by atoms with van der Waals surface area (Å²) in [7, 11) is 0. The minimum absolute atomic E-state index is 0.0381. The lowest BCUT2D eigenvalue weighted by Gasteiger charge is -2.10. The van der Waals surface area contributed by atoms with Crippen LogP contribution >= 0.6 is 0 Å². The maximum absolute atomic E-state index is 11.1. The molecular weight excluding hydrogens is 168 g/mol. The molecule has 1 heterocycles. The third-order valence-electron chi connectivity index (χ3n) is 1.80. The van der Waals surface area contributed by atoms with E-state index in [1.54, 1.807) is 10.8 Å². The molecular formula is C9H12N2O2. The van der Waals surface area contributed by atoms with Gasteiger partial charge in [-0.1, -0.05) is 0 Å². The lowest BCUT2D eigenvalue weighted by Crippen LogP contribution is -2.23. The highest BCUT2D eigenvalue weighted by atomic mass is 16.2. The summed E-state index contributed by atoms with van der Waals surface area (Å²) >= 11 is 0. The molecule has 0 atom stereocenters. The molecule has 70 valence electrons. The van der Waals surface area contributed by atoms with Crippen LogP contribution in [0.15, 0.2) is 23.3 Å². The molecule has 0 saturated heterocycles. The quantitative estimate of drug-likeness (QED) is 0.721. The van der Waals surface area contributed by atoms with Crippen molar-refractivity contribution in [2.45, 2.75) is 19.9 Å². The lowest BCUT2D eigenvalue weighted by molar-refractivity contribution is 0.0998. The van der Waals surface area contributed by atoms with Crippen LogP contribution in [0, 0.1) is 0 Å². The van der Waals surface area contributed by atoms with Crippen LogP contribution in [0.2, 0.25) is 0 Å². The minimum Gasteiger partial charge on any atom is -0.365 e. The van der Waals surface area contributed by atoms with Crippen molar-refractivity contribution in [3.63, 3.8) is 0 Å². The second-order valence-electron chi connectivity index (χ2n) is 3.13. The molecule has 0 bridgehead atoms. The van der Waals surface area contributed by atoms with Gasteiger partial charge in [-0.05, 0) is 13.8 Å². The zero-order valence-electron chi connectivity index (χ0n) is 7.65. The molecule has 0 spiro atoms. The number of rotatable bonds is 2. The van der Waals surface area contributed by atoms with Crippen LogP contribution in [0.4, 0.5) is 0 Å². The fourth-order valence-electron chi connectivity index (χ4n) is 1.01. The Labute approximate surface area is 76.0 Å². The Balaban J connectivity index is 3.27. The van der Waals surface area contributed by atoms with Crippen LogP contribution in [0.1, 0.15) is 30.2 Å². The Morgan fingerprint density at radius 2 is 2.15 bits per heavy atom. The van der Waals surface area contributed by atoms with Gasteiger partial charge < -0.3 is 10.3 Å². The van der Waals surface area contributed by atoms with Crippen molar-refractivity contribution >= 4 is 5.91 Å². The fraction of sp³-hybridized carbons (Fsp3) is 0.333. The molecule has 0 radical (unpaired) electrons. The number of hydrogen-bond acceptors (Lipinski definition) is 2. The molecule has 0 fully saturated rings. The average molecular weight is 180 g/mol. The summed E-state index contributed by atoms with van der Waals surface area (Å²) in [6, 6.07) is 1.55. The molecule has 0 aliphatic carbocycles. The molecule has 13 heavy (non-hydrogen) atoms. The number of nitrogens with zero attached hydrogens (tertiary/aromatic N) is 1. The predicted octanol–water partition coefficient (Wildman–Crippen LogP) is 0.528. The zero-order valence-corrected chi connectivity index (χ0v) is 7.65. The molecule has 4 heteroatoms. The number of aromatic nitrogens is 1. The van der Waals surface area contributed by atoms with Crippen molar-refractivity contribution in [1.82, 2.24) is 4.57 Å². The number of carbonyl (C=O) groups is 1. The monoisotopic (exact) mass is 180 g/mol. The van der Waals surface area contributed by atoms with E-state index in [2.05, 4.69) is 0 Å². The predicted molar refractivity (Wildman–Crippen MR) is 49.6 cm³/mol. The van der Waals surface area contributed by atoms with E-state index in [9.17, 15) is 9.59 Å². The molecule has 0 aromatic carbocycles. The van der Waals surface area contributed by atoms with Crippen molar-refractivity contribution in [2.75, 3.05) is 0 Å². The first-order valence-corrected chi connectivity index (χ1v) is 4.04. The number of amides is 1. The SMILES string of the molecule is CC(C)n1ccc(=O)c(C(N)=O)c1. The van der Waals surface area contributed by atoms with Crippen LogP contribution in [0.5, 0.6) is 0 Å². The summed E-state index contributed by atoms with van der Waals surface area (Å²) in [6.45, 7) is 3.91. The Morgan fingerprint density at radius 1 is 1.54 bits per heavy atom. The van der Waals surface area contributed by atoms with E-state index < -0.39 is 5.91 Å². The first-order chi connectivity index (χ1) is 6.02. The van der Waals surface area contributed by atoms with Gasteiger partial charge in [-0.3, -0.25) is 9.59 Å². The van der Waals surface area contributed by atoms with E-state index in [4.69, 9.17) is 5.73 Å². The van der Waals surface area contributed by atoms with Crippen LogP contribution in [-0.4, -0.2) is 10.5 Å². The number of nitrogens with two attached hydrogens (primary N) is 1. The van der Waals surface area contributed by atoms with Crippen molar-refractivity contribution in [2.24, 2.45) is 5.73 Å². The van der Waals surface area contributed by atoms with E-state index in [1.807, 2.05) is 13.8 Å². The van der Waals surface area contributed by atoms with Gasteiger partial charge in [0.2, 0.25) is 0 Å². The second kappa shape index (κ2) is 3.43. The van der Waals surface area contributed by atoms with E-state index in [0.717, 1.165) is 0 Å². The summed E-state index contributed by atoms with van der Waals surface area (Å²) in [5.74, 6) is -0.681. The zero-order chi connectivity index (χ0) is 10.0. The Morgan fingerprint density at radius 3 is 2.62 bits per heavy atom. The number of hydrogen-bond donors (Lipinski definition) is 1. The van der Waals surface area contributed by atoms with Crippen molar-refractivity contribution in [1.29, 1.82) is 0 Å². The largest absolute Gasteiger partial charge is 0.365 e. The van der Waals surface area contributed by atoms with Crippen LogP contribution in [0.3, 0.4) is 0 Å². The summed E-state index contributed by atoms with van der Waals surface area (Å²) in [5.41, 5.74) is 4.74. The third kappa shape index (κ3) is 1.96. The molecule has 1 amide bonds. The number of carbonyl (C=O) groups excluding carboxylic acids is 1. The van der Waals surface area contributed by atoms with Gasteiger partial charge in [0.05, 0.1) is 0 Å². The lowest BCUT2D eigenvalue weighted by atomic mass is 10.2. The maximum atomic E-state index is 11.1. The van der Waals surface area contributed by atoms with Gasteiger partial charge in [0.25, 0.3) is 5.91 Å². The van der Waals surface area contributed by atoms with Gasteiger partial charge in [-0.15, -0.1) is 0 Å². The molecule has 0 aliphatic rings. The van der Waals surface area contributed by atoms with E-state index in [1.165, 1.54) is 12.3 Å². The topological polar surface area (TPSA) is 65.1 Å². The van der Waals surface area contributed by atoms with Crippen LogP contribution < -0.4 is 11.2 Å². The molecule has 0 aliphatic heterocycles. The second-order valence-corrected chi connectivity index (χ2v) is 3.13. The van der Waals surface area contributed by atoms with Gasteiger partial charge in [0, 0.05) is 24.5 Å². The molecule has 0 saturated carbocycles. The molecule has 1 aromatic rings. The highest BCUT2D eigenvalue weighted by Gasteiger charge is 2.06. The number of primary amides is 1. The normalized spacial score (nSPS) is 10.4. The Bertz CT molecular complexity index is 379. The summed E-state index contributed by atoms with van der Waals surface area (Å²) < 4.78 is 1.77. The average Bonchev–Trinajstić information content (AvgIpc) is 2.04. The highest BCUT2D eigenvalue weighted by Crippen LogP contribution is 2.02. The van der Waals surface area contributed by atoms with Crippen LogP contribution in [0.25, 0.3) is 0 Å². The maximum Gasteiger partial charge on any atom is 0.254 e. The standard InChI is InChI=1S/C9H12N2O2/c1-6(2)11-4-3-8(12)7(5-11)9(10)13/h3-6H,1-2H3,(H2,10,13). The van der Waals surface area contributed by atoms with E-state index >= 15 is 0 Å². The highest BCUT2D eigenvalue weighted by molar-refractivity contribution is 5.92. The minimum atomic E-state index is -0.681. The Kier molecular flexibility index (Phi) is 2.51. The first-order valence-electron chi connectivity index (χ1n) is 4.04. The van der Waals surface area contributed by atoms with Crippen molar-refractivity contribution < 1.29 is 4.79 Å². The van der Waals surface area contributed by atoms with Crippen molar-refractivity contribution in [3.05, 3.63) is 34.2 Å². The van der Waals surface area contributed by atoms with Gasteiger partial charge >= 0.3 is 0 Å². The van der Waals surface area contributed by atoms with Gasteiger partial charge in [0.1, 0.15) is 5.56 Å². The molecule has 1 aromatic heterocycles. The third-order valence-corrected chi connectivity index (χ3v) is 1.80.